The molecule has 170 valence electrons. The van der Waals surface area contributed by atoms with E-state index >= 15 is 0 Å². The maximum atomic E-state index is 13.9. The molecule has 0 bridgehead atoms. The van der Waals surface area contributed by atoms with Crippen molar-refractivity contribution in [2.45, 2.75) is 11.8 Å². The Labute approximate surface area is 203 Å². The summed E-state index contributed by atoms with van der Waals surface area (Å²) in [7, 11) is -4.37. The van der Waals surface area contributed by atoms with Crippen LogP contribution in [-0.4, -0.2) is 14.3 Å². The van der Waals surface area contributed by atoms with Gasteiger partial charge in [-0.15, -0.1) is 0 Å². The van der Waals surface area contributed by atoms with Crippen molar-refractivity contribution in [2.75, 3.05) is 4.31 Å². The topological polar surface area (TPSA) is 84.7 Å². The zero-order chi connectivity index (χ0) is 24.0. The van der Waals surface area contributed by atoms with E-state index in [1.54, 1.807) is 55.5 Å². The van der Waals surface area contributed by atoms with Crippen LogP contribution in [0.2, 0.25) is 5.02 Å². The van der Waals surface area contributed by atoms with Gasteiger partial charge in [0.15, 0.2) is 5.58 Å². The van der Waals surface area contributed by atoms with E-state index in [4.69, 9.17) is 16.0 Å². The van der Waals surface area contributed by atoms with Gasteiger partial charge >= 0.3 is 4.94 Å². The van der Waals surface area contributed by atoms with Gasteiger partial charge < -0.3 is 4.42 Å². The second kappa shape index (κ2) is 8.39. The minimum Gasteiger partial charge on any atom is -0.413 e. The van der Waals surface area contributed by atoms with E-state index in [9.17, 15) is 18.0 Å². The lowest BCUT2D eigenvalue weighted by Gasteiger charge is -2.25. The van der Waals surface area contributed by atoms with E-state index in [2.05, 4.69) is 0 Å². The number of anilines is 1. The van der Waals surface area contributed by atoms with Crippen LogP contribution in [0, 0.1) is 6.92 Å². The van der Waals surface area contributed by atoms with Gasteiger partial charge in [0.1, 0.15) is 0 Å². The first kappa shape index (κ1) is 22.3. The molecular weight excluding hydrogens is 494 g/mol. The summed E-state index contributed by atoms with van der Waals surface area (Å²) in [6.07, 6.45) is 0. The van der Waals surface area contributed by atoms with E-state index in [1.807, 2.05) is 0 Å². The first-order valence-electron chi connectivity index (χ1n) is 10.1. The van der Waals surface area contributed by atoms with Crippen LogP contribution in [0.1, 0.15) is 15.9 Å². The van der Waals surface area contributed by atoms with E-state index in [-0.39, 0.29) is 16.1 Å². The van der Waals surface area contributed by atoms with Gasteiger partial charge in [-0.2, -0.15) is 4.31 Å². The van der Waals surface area contributed by atoms with Gasteiger partial charge in [0.25, 0.3) is 15.9 Å². The third-order valence-corrected chi connectivity index (χ3v) is 8.18. The Morgan fingerprint density at radius 3 is 2.29 bits per heavy atom. The van der Waals surface area contributed by atoms with Crippen molar-refractivity contribution in [2.24, 2.45) is 0 Å². The number of carbonyl (C=O) groups is 1. The first-order chi connectivity index (χ1) is 16.3. The number of halogens is 1. The number of nitrogens with zero attached hydrogens (tertiary/aromatic N) is 1. The van der Waals surface area contributed by atoms with Crippen LogP contribution in [-0.2, 0) is 10.0 Å². The molecule has 0 aliphatic rings. The van der Waals surface area contributed by atoms with Gasteiger partial charge in [-0.1, -0.05) is 65.4 Å². The number of hydrogen-bond donors (Lipinski definition) is 0. The maximum Gasteiger partial charge on any atom is 0.396 e. The van der Waals surface area contributed by atoms with Crippen molar-refractivity contribution < 1.29 is 17.6 Å². The number of benzene rings is 4. The molecule has 0 atom stereocenters. The molecule has 0 unspecified atom stereocenters. The van der Waals surface area contributed by atoms with Crippen molar-refractivity contribution >= 4 is 65.6 Å². The molecule has 0 saturated carbocycles. The lowest BCUT2D eigenvalue weighted by atomic mass is 10.1. The number of hydrogen-bond acceptors (Lipinski definition) is 6. The first-order valence-corrected chi connectivity index (χ1v) is 12.8. The monoisotopic (exact) mass is 509 g/mol. The predicted molar refractivity (Wildman–Crippen MR) is 134 cm³/mol. The fourth-order valence-corrected chi connectivity index (χ4v) is 6.09. The van der Waals surface area contributed by atoms with Gasteiger partial charge in [-0.05, 0) is 48.9 Å². The molecule has 0 fully saturated rings. The van der Waals surface area contributed by atoms with Crippen molar-refractivity contribution in [1.82, 2.24) is 0 Å². The summed E-state index contributed by atoms with van der Waals surface area (Å²) >= 11 is 6.81. The fourth-order valence-electron chi connectivity index (χ4n) is 3.83. The molecule has 0 N–H and O–H groups in total. The molecule has 6 nitrogen and oxygen atoms in total. The van der Waals surface area contributed by atoms with Gasteiger partial charge in [0, 0.05) is 21.4 Å². The molecule has 9 heteroatoms. The predicted octanol–water partition coefficient (Wildman–Crippen LogP) is 6.01. The van der Waals surface area contributed by atoms with E-state index in [1.165, 1.54) is 30.3 Å². The van der Waals surface area contributed by atoms with Gasteiger partial charge in [-0.25, -0.2) is 13.2 Å². The third kappa shape index (κ3) is 3.69. The van der Waals surface area contributed by atoms with Gasteiger partial charge in [-0.3, -0.25) is 4.79 Å². The van der Waals surface area contributed by atoms with Crippen molar-refractivity contribution in [3.63, 3.8) is 0 Å². The molecule has 5 aromatic rings. The second-order valence-electron chi connectivity index (χ2n) is 7.57. The molecule has 0 radical (unpaired) electrons. The number of carbonyl (C=O) groups excluding carboxylic acids is 1. The normalized spacial score (nSPS) is 11.7. The number of fused-ring (bicyclic) bond motifs is 3. The largest absolute Gasteiger partial charge is 0.413 e. The quantitative estimate of drug-likeness (QED) is 0.296. The van der Waals surface area contributed by atoms with Crippen LogP contribution >= 0.6 is 22.9 Å². The minimum atomic E-state index is -4.37. The Balaban J connectivity index is 1.86. The third-order valence-electron chi connectivity index (χ3n) is 5.45. The Hall–Kier alpha value is -3.46. The smallest absolute Gasteiger partial charge is 0.396 e. The summed E-state index contributed by atoms with van der Waals surface area (Å²) in [5, 5.41) is 1.35. The summed E-state index contributed by atoms with van der Waals surface area (Å²) in [6, 6.07) is 20.8. The average molecular weight is 510 g/mol. The van der Waals surface area contributed by atoms with Crippen molar-refractivity contribution in [1.29, 1.82) is 0 Å². The zero-order valence-electron chi connectivity index (χ0n) is 17.7. The second-order valence-corrected chi connectivity index (χ2v) is 10.8. The van der Waals surface area contributed by atoms with Crippen molar-refractivity contribution in [3.8, 4) is 0 Å². The highest BCUT2D eigenvalue weighted by Crippen LogP contribution is 2.38. The van der Waals surface area contributed by atoms with Gasteiger partial charge in [0.2, 0.25) is 0 Å². The number of sulfonamides is 1. The van der Waals surface area contributed by atoms with E-state index in [0.717, 1.165) is 15.6 Å². The lowest BCUT2D eigenvalue weighted by molar-refractivity contribution is 0.100. The lowest BCUT2D eigenvalue weighted by Crippen LogP contribution is -2.37. The van der Waals surface area contributed by atoms with Crippen LogP contribution in [0.3, 0.4) is 0 Å². The Morgan fingerprint density at radius 2 is 1.59 bits per heavy atom. The molecule has 0 saturated heterocycles. The highest BCUT2D eigenvalue weighted by atomic mass is 35.5. The van der Waals surface area contributed by atoms with Crippen LogP contribution in [0.4, 0.5) is 5.69 Å². The Kier molecular flexibility index (Phi) is 5.51. The van der Waals surface area contributed by atoms with Crippen LogP contribution < -0.4 is 9.24 Å². The highest BCUT2D eigenvalue weighted by molar-refractivity contribution is 7.93. The molecule has 4 aromatic carbocycles. The molecule has 5 rings (SSSR count). The standard InChI is InChI=1S/C25H16ClNO5S2/c1-15-6-2-3-7-18(15)24(28)27(34(30,31)17-12-10-16(26)11-13-17)21-14-22-23(32-25(29)33-22)20-9-5-4-8-19(20)21/h2-14H,1H3. The summed E-state index contributed by atoms with van der Waals surface area (Å²) in [5.74, 6) is -0.714. The highest BCUT2D eigenvalue weighted by Gasteiger charge is 2.34. The average Bonchev–Trinajstić information content (AvgIpc) is 3.20. The minimum absolute atomic E-state index is 0.0941. The summed E-state index contributed by atoms with van der Waals surface area (Å²) in [6.45, 7) is 1.74. The van der Waals surface area contributed by atoms with Gasteiger partial charge in [0.05, 0.1) is 15.3 Å². The number of rotatable bonds is 4. The molecule has 34 heavy (non-hydrogen) atoms. The molecular formula is C25H16ClNO5S2. The van der Waals surface area contributed by atoms with Crippen molar-refractivity contribution in [3.05, 3.63) is 105 Å². The maximum absolute atomic E-state index is 13.9. The summed E-state index contributed by atoms with van der Waals surface area (Å²) < 4.78 is 34.5. The molecule has 0 aliphatic carbocycles. The molecule has 0 aliphatic heterocycles. The molecule has 0 spiro atoms. The van der Waals surface area contributed by atoms with E-state index in [0.29, 0.717) is 31.6 Å². The van der Waals surface area contributed by atoms with E-state index < -0.39 is 20.9 Å². The number of amides is 1. The molecule has 1 heterocycles. The molecule has 1 aromatic heterocycles. The molecule has 1 amide bonds. The SMILES string of the molecule is Cc1ccccc1C(=O)N(c1cc2sc(=O)oc2c2ccccc12)S(=O)(=O)c1ccc(Cl)cc1. The zero-order valence-corrected chi connectivity index (χ0v) is 20.1. The van der Waals surface area contributed by atoms with Crippen LogP contribution in [0.25, 0.3) is 21.1 Å². The number of aryl methyl sites for hydroxylation is 1. The summed E-state index contributed by atoms with van der Waals surface area (Å²) in [4.78, 5) is 25.3. The Bertz CT molecular complexity index is 1740. The fraction of sp³-hybridized carbons (Fsp3) is 0.0400. The Morgan fingerprint density at radius 1 is 0.941 bits per heavy atom. The summed E-state index contributed by atoms with van der Waals surface area (Å²) in [5.41, 5.74) is 1.34. The van der Waals surface area contributed by atoms with Crippen LogP contribution in [0.15, 0.2) is 93.0 Å². The van der Waals surface area contributed by atoms with Crippen LogP contribution in [0.5, 0.6) is 0 Å².